The number of benzene rings is 2. The Labute approximate surface area is 160 Å². The fourth-order valence-electron chi connectivity index (χ4n) is 2.82. The standard InChI is InChI=1S/C22H26N4O/c1-4-23-15-20-16(3)24-21(17-9-7-6-8-10-17)26-22(20)25-18-11-13-19(14-12-18)27-5-2/h6-14,23H,4-5,15H2,1-3H3,(H,24,25,26). The number of nitrogens with zero attached hydrogens (tertiary/aromatic N) is 2. The van der Waals surface area contributed by atoms with Gasteiger partial charge >= 0.3 is 0 Å². The summed E-state index contributed by atoms with van der Waals surface area (Å²) in [5.41, 5.74) is 4.02. The van der Waals surface area contributed by atoms with Crippen LogP contribution in [0.15, 0.2) is 54.6 Å². The number of ether oxygens (including phenoxy) is 1. The highest BCUT2D eigenvalue weighted by molar-refractivity contribution is 5.65. The van der Waals surface area contributed by atoms with Crippen LogP contribution in [0, 0.1) is 6.92 Å². The second-order valence-electron chi connectivity index (χ2n) is 6.19. The van der Waals surface area contributed by atoms with Crippen LogP contribution in [0.1, 0.15) is 25.1 Å². The van der Waals surface area contributed by atoms with E-state index in [4.69, 9.17) is 14.7 Å². The SMILES string of the molecule is CCNCc1c(C)nc(-c2ccccc2)nc1Nc1ccc(OCC)cc1. The van der Waals surface area contributed by atoms with E-state index >= 15 is 0 Å². The van der Waals surface area contributed by atoms with E-state index in [1.165, 1.54) is 0 Å². The number of anilines is 2. The van der Waals surface area contributed by atoms with Gasteiger partial charge in [-0.05, 0) is 44.7 Å². The number of nitrogens with one attached hydrogen (secondary N) is 2. The third-order valence-electron chi connectivity index (χ3n) is 4.23. The summed E-state index contributed by atoms with van der Waals surface area (Å²) < 4.78 is 5.52. The molecule has 2 N–H and O–H groups in total. The van der Waals surface area contributed by atoms with Crippen molar-refractivity contribution in [3.05, 3.63) is 65.9 Å². The van der Waals surface area contributed by atoms with Crippen LogP contribution >= 0.6 is 0 Å². The highest BCUT2D eigenvalue weighted by Crippen LogP contribution is 2.26. The second-order valence-corrected chi connectivity index (χ2v) is 6.19. The van der Waals surface area contributed by atoms with Crippen molar-refractivity contribution < 1.29 is 4.74 Å². The molecule has 2 aromatic carbocycles. The van der Waals surface area contributed by atoms with Crippen LogP contribution in [0.3, 0.4) is 0 Å². The van der Waals surface area contributed by atoms with Gasteiger partial charge in [-0.1, -0.05) is 37.3 Å². The first-order valence-corrected chi connectivity index (χ1v) is 9.34. The van der Waals surface area contributed by atoms with Gasteiger partial charge in [0.1, 0.15) is 11.6 Å². The van der Waals surface area contributed by atoms with Gasteiger partial charge in [0.25, 0.3) is 0 Å². The van der Waals surface area contributed by atoms with Crippen molar-refractivity contribution in [3.63, 3.8) is 0 Å². The molecular weight excluding hydrogens is 336 g/mol. The van der Waals surface area contributed by atoms with Crippen molar-refractivity contribution in [1.82, 2.24) is 15.3 Å². The molecule has 0 aliphatic heterocycles. The van der Waals surface area contributed by atoms with Crippen LogP contribution in [-0.2, 0) is 6.54 Å². The molecule has 3 rings (SSSR count). The average Bonchev–Trinajstić information content (AvgIpc) is 2.69. The van der Waals surface area contributed by atoms with Gasteiger partial charge in [-0.3, -0.25) is 0 Å². The van der Waals surface area contributed by atoms with Crippen LogP contribution in [0.25, 0.3) is 11.4 Å². The van der Waals surface area contributed by atoms with Crippen molar-refractivity contribution in [2.24, 2.45) is 0 Å². The lowest BCUT2D eigenvalue weighted by atomic mass is 10.1. The second kappa shape index (κ2) is 9.14. The van der Waals surface area contributed by atoms with E-state index in [1.807, 2.05) is 68.4 Å². The van der Waals surface area contributed by atoms with Crippen LogP contribution < -0.4 is 15.4 Å². The zero-order chi connectivity index (χ0) is 19.1. The van der Waals surface area contributed by atoms with Gasteiger partial charge in [0, 0.05) is 29.1 Å². The Morgan fingerprint density at radius 1 is 0.926 bits per heavy atom. The van der Waals surface area contributed by atoms with Crippen LogP contribution in [0.2, 0.25) is 0 Å². The fourth-order valence-corrected chi connectivity index (χ4v) is 2.82. The topological polar surface area (TPSA) is 59.1 Å². The Morgan fingerprint density at radius 3 is 2.33 bits per heavy atom. The first kappa shape index (κ1) is 18.9. The molecule has 0 bridgehead atoms. The van der Waals surface area contributed by atoms with E-state index in [2.05, 4.69) is 17.6 Å². The fraction of sp³-hybridized carbons (Fsp3) is 0.273. The lowest BCUT2D eigenvalue weighted by Crippen LogP contribution is -2.16. The highest BCUT2D eigenvalue weighted by atomic mass is 16.5. The molecule has 0 amide bonds. The summed E-state index contributed by atoms with van der Waals surface area (Å²) >= 11 is 0. The predicted molar refractivity (Wildman–Crippen MR) is 110 cm³/mol. The van der Waals surface area contributed by atoms with Crippen molar-refractivity contribution in [2.75, 3.05) is 18.5 Å². The molecule has 5 nitrogen and oxygen atoms in total. The van der Waals surface area contributed by atoms with E-state index in [0.717, 1.165) is 53.0 Å². The maximum atomic E-state index is 5.52. The third kappa shape index (κ3) is 4.83. The van der Waals surface area contributed by atoms with E-state index in [1.54, 1.807) is 0 Å². The molecule has 1 heterocycles. The zero-order valence-electron chi connectivity index (χ0n) is 16.1. The minimum atomic E-state index is 0.658. The van der Waals surface area contributed by atoms with Crippen molar-refractivity contribution in [2.45, 2.75) is 27.3 Å². The molecule has 0 fully saturated rings. The van der Waals surface area contributed by atoms with Crippen molar-refractivity contribution in [3.8, 4) is 17.1 Å². The van der Waals surface area contributed by atoms with Gasteiger partial charge in [0.15, 0.2) is 5.82 Å². The minimum absolute atomic E-state index is 0.658. The van der Waals surface area contributed by atoms with Gasteiger partial charge < -0.3 is 15.4 Å². The maximum Gasteiger partial charge on any atom is 0.161 e. The zero-order valence-corrected chi connectivity index (χ0v) is 16.1. The minimum Gasteiger partial charge on any atom is -0.494 e. The van der Waals surface area contributed by atoms with E-state index in [9.17, 15) is 0 Å². The number of aromatic nitrogens is 2. The monoisotopic (exact) mass is 362 g/mol. The van der Waals surface area contributed by atoms with Gasteiger partial charge in [0.05, 0.1) is 6.61 Å². The summed E-state index contributed by atoms with van der Waals surface area (Å²) in [6.07, 6.45) is 0. The van der Waals surface area contributed by atoms with E-state index in [0.29, 0.717) is 6.61 Å². The first-order valence-electron chi connectivity index (χ1n) is 9.34. The Hall–Kier alpha value is -2.92. The van der Waals surface area contributed by atoms with Crippen molar-refractivity contribution >= 4 is 11.5 Å². The van der Waals surface area contributed by atoms with Gasteiger partial charge in [-0.15, -0.1) is 0 Å². The Morgan fingerprint density at radius 2 is 1.67 bits per heavy atom. The molecule has 0 radical (unpaired) electrons. The first-order chi connectivity index (χ1) is 13.2. The average molecular weight is 362 g/mol. The van der Waals surface area contributed by atoms with Crippen LogP contribution in [-0.4, -0.2) is 23.1 Å². The summed E-state index contributed by atoms with van der Waals surface area (Å²) in [6.45, 7) is 8.37. The van der Waals surface area contributed by atoms with Gasteiger partial charge in [-0.2, -0.15) is 0 Å². The molecule has 3 aromatic rings. The summed E-state index contributed by atoms with van der Waals surface area (Å²) in [5.74, 6) is 2.41. The smallest absolute Gasteiger partial charge is 0.161 e. The molecular formula is C22H26N4O. The van der Waals surface area contributed by atoms with Crippen LogP contribution in [0.4, 0.5) is 11.5 Å². The van der Waals surface area contributed by atoms with Gasteiger partial charge in [0.2, 0.25) is 0 Å². The molecule has 0 aliphatic rings. The third-order valence-corrected chi connectivity index (χ3v) is 4.23. The highest BCUT2D eigenvalue weighted by Gasteiger charge is 2.13. The molecule has 0 aliphatic carbocycles. The Kier molecular flexibility index (Phi) is 6.39. The molecule has 140 valence electrons. The van der Waals surface area contributed by atoms with Gasteiger partial charge in [-0.25, -0.2) is 9.97 Å². The van der Waals surface area contributed by atoms with Crippen LogP contribution in [0.5, 0.6) is 5.75 Å². The molecule has 0 saturated heterocycles. The summed E-state index contributed by atoms with van der Waals surface area (Å²) in [7, 11) is 0. The molecule has 0 unspecified atom stereocenters. The predicted octanol–water partition coefficient (Wildman–Crippen LogP) is 4.70. The number of hydrogen-bond acceptors (Lipinski definition) is 5. The lowest BCUT2D eigenvalue weighted by Gasteiger charge is -2.16. The summed E-state index contributed by atoms with van der Waals surface area (Å²) in [5, 5.41) is 6.83. The van der Waals surface area contributed by atoms with Crippen molar-refractivity contribution in [1.29, 1.82) is 0 Å². The maximum absolute atomic E-state index is 5.52. The number of aryl methyl sites for hydroxylation is 1. The number of hydrogen-bond donors (Lipinski definition) is 2. The molecule has 0 spiro atoms. The molecule has 0 saturated carbocycles. The molecule has 1 aromatic heterocycles. The number of rotatable bonds is 8. The van der Waals surface area contributed by atoms with E-state index < -0.39 is 0 Å². The lowest BCUT2D eigenvalue weighted by molar-refractivity contribution is 0.340. The Balaban J connectivity index is 1.95. The van der Waals surface area contributed by atoms with E-state index in [-0.39, 0.29) is 0 Å². The summed E-state index contributed by atoms with van der Waals surface area (Å²) in [6, 6.07) is 18.0. The molecule has 5 heteroatoms. The normalized spacial score (nSPS) is 10.6. The molecule has 0 atom stereocenters. The quantitative estimate of drug-likeness (QED) is 0.608. The molecule has 27 heavy (non-hydrogen) atoms. The summed E-state index contributed by atoms with van der Waals surface area (Å²) in [4.78, 5) is 9.54. The Bertz CT molecular complexity index is 863. The largest absolute Gasteiger partial charge is 0.494 e.